The van der Waals surface area contributed by atoms with E-state index in [1.807, 2.05) is 0 Å². The Hall–Kier alpha value is -0.270. The summed E-state index contributed by atoms with van der Waals surface area (Å²) < 4.78 is 93.1. The van der Waals surface area contributed by atoms with Gasteiger partial charge in [0.2, 0.25) is 0 Å². The minimum atomic E-state index is -4.57. The van der Waals surface area contributed by atoms with Crippen LogP contribution < -0.4 is 0 Å². The fraction of sp³-hybridized carbons (Fsp3) is 1.00. The Balaban J connectivity index is 5.38. The minimum Gasteiger partial charge on any atom is -0.286 e. The fourth-order valence-electron chi connectivity index (χ4n) is 2.18. The van der Waals surface area contributed by atoms with Gasteiger partial charge in [-0.1, -0.05) is 6.92 Å². The van der Waals surface area contributed by atoms with Gasteiger partial charge in [0, 0.05) is 0 Å². The topological polar surface area (TPSA) is 163 Å². The molecule has 12 heteroatoms. The second-order valence-corrected chi connectivity index (χ2v) is 9.75. The number of hydrogen-bond donors (Lipinski definition) is 3. The molecule has 0 spiro atoms. The molecule has 0 aromatic heterocycles. The van der Waals surface area contributed by atoms with Gasteiger partial charge in [0.15, 0.2) is 0 Å². The maximum Gasteiger partial charge on any atom is 0.268 e. The first-order valence-corrected chi connectivity index (χ1v) is 10.7. The molecule has 9 nitrogen and oxygen atoms in total. The second kappa shape index (κ2) is 7.33. The second-order valence-electron chi connectivity index (χ2n) is 4.77. The van der Waals surface area contributed by atoms with E-state index in [0.29, 0.717) is 0 Å². The van der Waals surface area contributed by atoms with Crippen molar-refractivity contribution in [3.05, 3.63) is 0 Å². The third kappa shape index (κ3) is 7.51. The van der Waals surface area contributed by atoms with Gasteiger partial charge in [-0.3, -0.25) is 13.7 Å². The van der Waals surface area contributed by atoms with Crippen molar-refractivity contribution in [1.29, 1.82) is 0 Å². The molecule has 0 aromatic carbocycles. The SMILES string of the molecule is CCC(C(CCCS(=O)(=O)O)C(C)S(=O)(=O)O)S(=O)(=O)O. The summed E-state index contributed by atoms with van der Waals surface area (Å²) in [6.45, 7) is 2.48. The number of rotatable bonds is 9. The van der Waals surface area contributed by atoms with Crippen LogP contribution in [0.25, 0.3) is 0 Å². The van der Waals surface area contributed by atoms with E-state index in [2.05, 4.69) is 0 Å². The van der Waals surface area contributed by atoms with E-state index in [9.17, 15) is 25.3 Å². The summed E-state index contributed by atoms with van der Waals surface area (Å²) >= 11 is 0. The molecule has 21 heavy (non-hydrogen) atoms. The van der Waals surface area contributed by atoms with E-state index >= 15 is 0 Å². The molecule has 0 saturated carbocycles. The van der Waals surface area contributed by atoms with E-state index in [-0.39, 0.29) is 19.3 Å². The van der Waals surface area contributed by atoms with Crippen molar-refractivity contribution in [3.63, 3.8) is 0 Å². The molecule has 128 valence electrons. The van der Waals surface area contributed by atoms with E-state index in [0.717, 1.165) is 6.92 Å². The smallest absolute Gasteiger partial charge is 0.268 e. The Kier molecular flexibility index (Phi) is 7.24. The Labute approximate surface area is 125 Å². The molecule has 3 atom stereocenters. The van der Waals surface area contributed by atoms with Crippen molar-refractivity contribution in [2.75, 3.05) is 5.75 Å². The maximum absolute atomic E-state index is 11.3. The standard InChI is InChI=1S/C9H20O9S3/c1-3-9(21(16,17)18)8(7(2)20(13,14)15)5-4-6-19(10,11)12/h7-9H,3-6H2,1-2H3,(H,10,11,12)(H,13,14,15)(H,16,17,18). The van der Waals surface area contributed by atoms with Gasteiger partial charge < -0.3 is 0 Å². The Morgan fingerprint density at radius 2 is 1.38 bits per heavy atom. The summed E-state index contributed by atoms with van der Waals surface area (Å²) in [6, 6.07) is 0. The lowest BCUT2D eigenvalue weighted by Gasteiger charge is -2.27. The van der Waals surface area contributed by atoms with E-state index < -0.39 is 52.5 Å². The van der Waals surface area contributed by atoms with Crippen LogP contribution in [0.2, 0.25) is 0 Å². The molecular formula is C9H20O9S3. The first kappa shape index (κ1) is 20.7. The quantitative estimate of drug-likeness (QED) is 0.483. The molecule has 0 fully saturated rings. The van der Waals surface area contributed by atoms with E-state index in [1.165, 1.54) is 6.92 Å². The third-order valence-corrected chi connectivity index (χ3v) is 6.82. The van der Waals surface area contributed by atoms with Crippen LogP contribution in [0.5, 0.6) is 0 Å². The average molecular weight is 368 g/mol. The summed E-state index contributed by atoms with van der Waals surface area (Å²) in [5, 5.41) is -2.97. The molecule has 0 aliphatic rings. The van der Waals surface area contributed by atoms with Crippen LogP contribution in [0.15, 0.2) is 0 Å². The first-order chi connectivity index (χ1) is 9.20. The van der Waals surface area contributed by atoms with Crippen LogP contribution >= 0.6 is 0 Å². The predicted molar refractivity (Wildman–Crippen MR) is 75.8 cm³/mol. The maximum atomic E-state index is 11.3. The lowest BCUT2D eigenvalue weighted by molar-refractivity contribution is 0.367. The largest absolute Gasteiger partial charge is 0.286 e. The third-order valence-electron chi connectivity index (χ3n) is 3.28. The summed E-state index contributed by atoms with van der Waals surface area (Å²) in [5.74, 6) is -1.88. The molecule has 0 radical (unpaired) electrons. The molecular weight excluding hydrogens is 348 g/mol. The first-order valence-electron chi connectivity index (χ1n) is 6.08. The van der Waals surface area contributed by atoms with Gasteiger partial charge >= 0.3 is 0 Å². The van der Waals surface area contributed by atoms with Crippen molar-refractivity contribution in [3.8, 4) is 0 Å². The average Bonchev–Trinajstić information content (AvgIpc) is 2.22. The van der Waals surface area contributed by atoms with Crippen LogP contribution in [0.3, 0.4) is 0 Å². The molecule has 3 N–H and O–H groups in total. The van der Waals surface area contributed by atoms with Gasteiger partial charge in [-0.2, -0.15) is 25.3 Å². The lowest BCUT2D eigenvalue weighted by Crippen LogP contribution is -2.39. The van der Waals surface area contributed by atoms with Gasteiger partial charge in [-0.05, 0) is 32.1 Å². The van der Waals surface area contributed by atoms with E-state index in [4.69, 9.17) is 13.7 Å². The predicted octanol–water partition coefficient (Wildman–Crippen LogP) is 0.213. The van der Waals surface area contributed by atoms with Gasteiger partial charge in [0.05, 0.1) is 16.3 Å². The zero-order chi connectivity index (χ0) is 17.1. The van der Waals surface area contributed by atoms with Crippen LogP contribution in [-0.2, 0) is 30.4 Å². The van der Waals surface area contributed by atoms with Crippen LogP contribution in [0, 0.1) is 5.92 Å². The van der Waals surface area contributed by atoms with E-state index in [1.54, 1.807) is 0 Å². The van der Waals surface area contributed by atoms with Crippen molar-refractivity contribution in [1.82, 2.24) is 0 Å². The normalized spacial score (nSPS) is 18.1. The fourth-order valence-corrected chi connectivity index (χ4v) is 4.81. The number of hydrogen-bond acceptors (Lipinski definition) is 6. The highest BCUT2D eigenvalue weighted by molar-refractivity contribution is 7.87. The zero-order valence-electron chi connectivity index (χ0n) is 11.6. The van der Waals surface area contributed by atoms with Gasteiger partial charge in [-0.25, -0.2) is 0 Å². The van der Waals surface area contributed by atoms with Crippen LogP contribution in [0.4, 0.5) is 0 Å². The molecule has 0 amide bonds. The summed E-state index contributed by atoms with van der Waals surface area (Å²) in [6.07, 6.45) is -0.552. The molecule has 0 aliphatic carbocycles. The van der Waals surface area contributed by atoms with Crippen molar-refractivity contribution in [2.45, 2.75) is 43.6 Å². The van der Waals surface area contributed by atoms with Crippen LogP contribution in [0.1, 0.15) is 33.1 Å². The monoisotopic (exact) mass is 368 g/mol. The minimum absolute atomic E-state index is 0.116. The molecule has 3 unspecified atom stereocenters. The summed E-state index contributed by atoms with van der Waals surface area (Å²) in [5.41, 5.74) is 0. The Morgan fingerprint density at radius 3 is 1.67 bits per heavy atom. The lowest BCUT2D eigenvalue weighted by atomic mass is 9.94. The highest BCUT2D eigenvalue weighted by atomic mass is 32.2. The molecule has 0 saturated heterocycles. The Morgan fingerprint density at radius 1 is 0.905 bits per heavy atom. The Bertz CT molecular complexity index is 632. The highest BCUT2D eigenvalue weighted by Gasteiger charge is 2.39. The molecule has 0 rings (SSSR count). The van der Waals surface area contributed by atoms with Gasteiger partial charge in [0.1, 0.15) is 0 Å². The highest BCUT2D eigenvalue weighted by Crippen LogP contribution is 2.28. The molecule has 0 aromatic rings. The van der Waals surface area contributed by atoms with Crippen molar-refractivity contribution < 1.29 is 38.9 Å². The summed E-state index contributed by atoms with van der Waals surface area (Å²) in [4.78, 5) is 0. The van der Waals surface area contributed by atoms with Gasteiger partial charge in [-0.15, -0.1) is 0 Å². The molecule has 0 heterocycles. The zero-order valence-corrected chi connectivity index (χ0v) is 14.0. The molecule has 0 bridgehead atoms. The van der Waals surface area contributed by atoms with Crippen molar-refractivity contribution in [2.24, 2.45) is 5.92 Å². The van der Waals surface area contributed by atoms with Crippen LogP contribution in [-0.4, -0.2) is 55.2 Å². The van der Waals surface area contributed by atoms with Crippen molar-refractivity contribution >= 4 is 30.4 Å². The molecule has 0 aliphatic heterocycles. The van der Waals surface area contributed by atoms with Gasteiger partial charge in [0.25, 0.3) is 30.4 Å². The summed E-state index contributed by atoms with van der Waals surface area (Å²) in [7, 11) is -13.4.